The first kappa shape index (κ1) is 15.2. The van der Waals surface area contributed by atoms with Gasteiger partial charge in [0.2, 0.25) is 0 Å². The van der Waals surface area contributed by atoms with E-state index in [-0.39, 0.29) is 5.41 Å². The summed E-state index contributed by atoms with van der Waals surface area (Å²) in [4.78, 5) is 4.65. The third-order valence-corrected chi connectivity index (χ3v) is 3.98. The third-order valence-electron chi connectivity index (χ3n) is 3.98. The van der Waals surface area contributed by atoms with E-state index in [0.29, 0.717) is 0 Å². The highest BCUT2D eigenvalue weighted by Gasteiger charge is 2.22. The van der Waals surface area contributed by atoms with E-state index in [1.165, 1.54) is 5.56 Å². The minimum Gasteiger partial charge on any atom is -0.282 e. The minimum atomic E-state index is -0.0274. The number of nitrogens with zero attached hydrogens (tertiary/aromatic N) is 3. The highest BCUT2D eigenvalue weighted by Crippen LogP contribution is 2.36. The van der Waals surface area contributed by atoms with Crippen molar-refractivity contribution >= 4 is 6.08 Å². The predicted octanol–water partition coefficient (Wildman–Crippen LogP) is 4.11. The van der Waals surface area contributed by atoms with E-state index < -0.39 is 0 Å². The first-order valence-corrected chi connectivity index (χ1v) is 7.59. The average Bonchev–Trinajstić information content (AvgIpc) is 3.14. The van der Waals surface area contributed by atoms with Crippen molar-refractivity contribution in [3.05, 3.63) is 48.2 Å². The Labute approximate surface area is 135 Å². The molecule has 0 bridgehead atoms. The molecule has 0 aliphatic rings. The van der Waals surface area contributed by atoms with Gasteiger partial charge in [-0.2, -0.15) is 10.2 Å². The maximum Gasteiger partial charge on any atom is 0.0739 e. The van der Waals surface area contributed by atoms with Crippen molar-refractivity contribution in [3.63, 3.8) is 0 Å². The Morgan fingerprint density at radius 1 is 1.00 bits per heavy atom. The molecule has 0 unspecified atom stereocenters. The van der Waals surface area contributed by atoms with Crippen LogP contribution in [0.4, 0.5) is 0 Å². The predicted molar refractivity (Wildman–Crippen MR) is 92.9 cm³/mol. The quantitative estimate of drug-likeness (QED) is 0.765. The second-order valence-electron chi connectivity index (χ2n) is 6.68. The van der Waals surface area contributed by atoms with E-state index in [1.807, 2.05) is 25.5 Å². The van der Waals surface area contributed by atoms with Crippen LogP contribution in [0, 0.1) is 6.92 Å². The van der Waals surface area contributed by atoms with Gasteiger partial charge in [0.25, 0.3) is 0 Å². The van der Waals surface area contributed by atoms with E-state index >= 15 is 0 Å². The maximum atomic E-state index is 4.65. The molecule has 0 saturated heterocycles. The molecule has 0 radical (unpaired) electrons. The van der Waals surface area contributed by atoms with Crippen molar-refractivity contribution < 1.29 is 0 Å². The Hall–Kier alpha value is -2.69. The fourth-order valence-electron chi connectivity index (χ4n) is 2.71. The molecule has 2 N–H and O–H groups in total. The SMILES string of the molecule is C=Cc1[nH]ncc1-c1cnc(-c2cn[nH]c2C)cc1C(C)(C)C. The zero-order chi connectivity index (χ0) is 16.6. The molecule has 3 rings (SSSR count). The Morgan fingerprint density at radius 3 is 2.30 bits per heavy atom. The van der Waals surface area contributed by atoms with E-state index in [0.717, 1.165) is 33.8 Å². The number of nitrogens with one attached hydrogen (secondary N) is 2. The molecule has 0 aromatic carbocycles. The van der Waals surface area contributed by atoms with Crippen LogP contribution in [0.1, 0.15) is 37.7 Å². The van der Waals surface area contributed by atoms with Gasteiger partial charge in [0.15, 0.2) is 0 Å². The molecule has 118 valence electrons. The van der Waals surface area contributed by atoms with E-state index in [2.05, 4.69) is 58.8 Å². The van der Waals surface area contributed by atoms with Gasteiger partial charge >= 0.3 is 0 Å². The van der Waals surface area contributed by atoms with Crippen LogP contribution in [-0.4, -0.2) is 25.4 Å². The molecule has 0 atom stereocenters. The molecule has 0 spiro atoms. The van der Waals surface area contributed by atoms with Gasteiger partial charge in [0.1, 0.15) is 0 Å². The normalized spacial score (nSPS) is 11.7. The lowest BCUT2D eigenvalue weighted by atomic mass is 9.82. The van der Waals surface area contributed by atoms with Crippen LogP contribution in [0.2, 0.25) is 0 Å². The number of aryl methyl sites for hydroxylation is 1. The van der Waals surface area contributed by atoms with Crippen LogP contribution < -0.4 is 0 Å². The summed E-state index contributed by atoms with van der Waals surface area (Å²) in [5, 5.41) is 14.2. The van der Waals surface area contributed by atoms with Gasteiger partial charge < -0.3 is 0 Å². The summed E-state index contributed by atoms with van der Waals surface area (Å²) in [6.45, 7) is 12.4. The number of aromatic nitrogens is 5. The summed E-state index contributed by atoms with van der Waals surface area (Å²) < 4.78 is 0. The van der Waals surface area contributed by atoms with E-state index in [4.69, 9.17) is 0 Å². The van der Waals surface area contributed by atoms with Gasteiger partial charge in [0.05, 0.1) is 23.8 Å². The van der Waals surface area contributed by atoms with Crippen LogP contribution in [0.3, 0.4) is 0 Å². The number of aromatic amines is 2. The van der Waals surface area contributed by atoms with E-state index in [9.17, 15) is 0 Å². The molecule has 5 heteroatoms. The summed E-state index contributed by atoms with van der Waals surface area (Å²) in [7, 11) is 0. The molecule has 0 saturated carbocycles. The zero-order valence-corrected chi connectivity index (χ0v) is 13.9. The molecule has 3 aromatic rings. The minimum absolute atomic E-state index is 0.0274. The van der Waals surface area contributed by atoms with Crippen LogP contribution in [-0.2, 0) is 5.41 Å². The van der Waals surface area contributed by atoms with Gasteiger partial charge in [-0.05, 0) is 30.0 Å². The summed E-state index contributed by atoms with van der Waals surface area (Å²) in [6.07, 6.45) is 7.34. The Morgan fingerprint density at radius 2 is 1.70 bits per heavy atom. The highest BCUT2D eigenvalue weighted by atomic mass is 15.1. The smallest absolute Gasteiger partial charge is 0.0739 e. The van der Waals surface area contributed by atoms with Crippen molar-refractivity contribution in [1.82, 2.24) is 25.4 Å². The lowest BCUT2D eigenvalue weighted by Crippen LogP contribution is -2.13. The summed E-state index contributed by atoms with van der Waals surface area (Å²) in [6, 6.07) is 2.15. The topological polar surface area (TPSA) is 70.2 Å². The number of rotatable bonds is 3. The number of pyridine rings is 1. The summed E-state index contributed by atoms with van der Waals surface area (Å²) in [5.41, 5.74) is 7.16. The highest BCUT2D eigenvalue weighted by molar-refractivity contribution is 5.77. The molecule has 0 aliphatic heterocycles. The number of hydrogen-bond acceptors (Lipinski definition) is 3. The fraction of sp³-hybridized carbons (Fsp3) is 0.278. The molecule has 0 aliphatic carbocycles. The second kappa shape index (κ2) is 5.50. The van der Waals surface area contributed by atoms with Crippen LogP contribution in [0.15, 0.2) is 31.2 Å². The summed E-state index contributed by atoms with van der Waals surface area (Å²) >= 11 is 0. The van der Waals surface area contributed by atoms with Crippen molar-refractivity contribution in [3.8, 4) is 22.4 Å². The van der Waals surface area contributed by atoms with Gasteiger partial charge in [0, 0.05) is 28.6 Å². The third kappa shape index (κ3) is 2.70. The monoisotopic (exact) mass is 307 g/mol. The molecule has 0 amide bonds. The van der Waals surface area contributed by atoms with Crippen molar-refractivity contribution in [2.45, 2.75) is 33.1 Å². The molecule has 3 aromatic heterocycles. The molecule has 23 heavy (non-hydrogen) atoms. The molecule has 3 heterocycles. The average molecular weight is 307 g/mol. The number of H-pyrrole nitrogens is 2. The van der Waals surface area contributed by atoms with Gasteiger partial charge in [-0.25, -0.2) is 0 Å². The van der Waals surface area contributed by atoms with Crippen LogP contribution in [0.5, 0.6) is 0 Å². The van der Waals surface area contributed by atoms with Gasteiger partial charge in [-0.15, -0.1) is 0 Å². The lowest BCUT2D eigenvalue weighted by molar-refractivity contribution is 0.591. The van der Waals surface area contributed by atoms with Gasteiger partial charge in [-0.3, -0.25) is 15.2 Å². The summed E-state index contributed by atoms with van der Waals surface area (Å²) in [5.74, 6) is 0. The number of hydrogen-bond donors (Lipinski definition) is 2. The van der Waals surface area contributed by atoms with Crippen LogP contribution >= 0.6 is 0 Å². The first-order chi connectivity index (χ1) is 10.9. The zero-order valence-electron chi connectivity index (χ0n) is 13.9. The first-order valence-electron chi connectivity index (χ1n) is 7.59. The Kier molecular flexibility index (Phi) is 3.64. The molecule has 0 fully saturated rings. The molecular weight excluding hydrogens is 286 g/mol. The van der Waals surface area contributed by atoms with Crippen molar-refractivity contribution in [2.24, 2.45) is 0 Å². The van der Waals surface area contributed by atoms with Crippen molar-refractivity contribution in [2.75, 3.05) is 0 Å². The maximum absolute atomic E-state index is 4.65. The standard InChI is InChI=1S/C18H21N5/c1-6-16-14(10-21-23-16)13-8-19-17(7-15(13)18(3,4)5)12-9-20-22-11(12)2/h6-10H,1H2,2-5H3,(H,20,22)(H,21,23). The fourth-order valence-corrected chi connectivity index (χ4v) is 2.71. The lowest BCUT2D eigenvalue weighted by Gasteiger charge is -2.23. The van der Waals surface area contributed by atoms with E-state index in [1.54, 1.807) is 6.08 Å². The molecule has 5 nitrogen and oxygen atoms in total. The largest absolute Gasteiger partial charge is 0.282 e. The van der Waals surface area contributed by atoms with Crippen molar-refractivity contribution in [1.29, 1.82) is 0 Å². The molecular formula is C18H21N5. The Bertz CT molecular complexity index is 848. The van der Waals surface area contributed by atoms with Crippen LogP contribution in [0.25, 0.3) is 28.5 Å². The second-order valence-corrected chi connectivity index (χ2v) is 6.68. The van der Waals surface area contributed by atoms with Gasteiger partial charge in [-0.1, -0.05) is 27.4 Å². The Balaban J connectivity index is 2.22.